The van der Waals surface area contributed by atoms with Gasteiger partial charge in [0.05, 0.1) is 12.6 Å². The van der Waals surface area contributed by atoms with E-state index < -0.39 is 0 Å². The van der Waals surface area contributed by atoms with E-state index in [4.69, 9.17) is 0 Å². The molecule has 0 aliphatic rings. The largest absolute Gasteiger partial charge is 0.278 e. The number of rotatable bonds is 6. The third-order valence-corrected chi connectivity index (χ3v) is 4.74. The smallest absolute Gasteiger partial charge is 0.268 e. The van der Waals surface area contributed by atoms with Crippen LogP contribution < -0.4 is 11.1 Å². The number of nitrogens with zero attached hydrogens (tertiary/aromatic N) is 6. The van der Waals surface area contributed by atoms with Crippen LogP contribution in [-0.2, 0) is 6.54 Å². The minimum atomic E-state index is -0.226. The Bertz CT molecular complexity index is 1080. The maximum absolute atomic E-state index is 12.8. The lowest BCUT2D eigenvalue weighted by Crippen LogP contribution is -2.28. The van der Waals surface area contributed by atoms with Gasteiger partial charge >= 0.3 is 0 Å². The highest BCUT2D eigenvalue weighted by Gasteiger charge is 2.18. The number of thioether (sulfide) groups is 1. The van der Waals surface area contributed by atoms with Crippen molar-refractivity contribution in [2.75, 3.05) is 6.26 Å². The van der Waals surface area contributed by atoms with Gasteiger partial charge in [0.15, 0.2) is 16.6 Å². The zero-order valence-electron chi connectivity index (χ0n) is 14.9. The fraction of sp³-hybridized carbons (Fsp3) is 0.353. The van der Waals surface area contributed by atoms with Gasteiger partial charge in [0, 0.05) is 12.3 Å². The Kier molecular flexibility index (Phi) is 5.08. The van der Waals surface area contributed by atoms with Crippen LogP contribution in [0.25, 0.3) is 16.9 Å². The van der Waals surface area contributed by atoms with Crippen LogP contribution in [0.1, 0.15) is 26.3 Å². The van der Waals surface area contributed by atoms with Crippen molar-refractivity contribution in [3.05, 3.63) is 51.7 Å². The number of fused-ring (bicyclic) bond motifs is 1. The normalized spacial score (nSPS) is 12.4. The molecular formula is C17H20N6O2S. The number of aromatic nitrogens is 6. The molecule has 0 aromatic carbocycles. The molecule has 3 aromatic rings. The van der Waals surface area contributed by atoms with Crippen LogP contribution in [0.2, 0.25) is 0 Å². The molecule has 8 nitrogen and oxygen atoms in total. The maximum Gasteiger partial charge on any atom is 0.278 e. The van der Waals surface area contributed by atoms with Crippen molar-refractivity contribution in [2.45, 2.75) is 38.0 Å². The molecule has 3 rings (SSSR count). The Morgan fingerprint density at radius 1 is 1.35 bits per heavy atom. The predicted octanol–water partition coefficient (Wildman–Crippen LogP) is 2.02. The lowest BCUT2D eigenvalue weighted by molar-refractivity contribution is 0.445. The first-order chi connectivity index (χ1) is 12.5. The minimum Gasteiger partial charge on any atom is -0.268 e. The fourth-order valence-electron chi connectivity index (χ4n) is 2.65. The molecule has 0 N–H and O–H groups in total. The first-order valence-electron chi connectivity index (χ1n) is 8.25. The van der Waals surface area contributed by atoms with Crippen LogP contribution >= 0.6 is 11.8 Å². The first-order valence-corrected chi connectivity index (χ1v) is 9.48. The molecule has 3 aromatic heterocycles. The van der Waals surface area contributed by atoms with E-state index in [1.165, 1.54) is 33.4 Å². The van der Waals surface area contributed by atoms with Crippen LogP contribution in [0.3, 0.4) is 0 Å². The summed E-state index contributed by atoms with van der Waals surface area (Å²) in [6.45, 7) is 7.92. The van der Waals surface area contributed by atoms with E-state index in [2.05, 4.69) is 21.6 Å². The van der Waals surface area contributed by atoms with Crippen molar-refractivity contribution in [3.8, 4) is 5.82 Å². The molecule has 0 saturated carbocycles. The summed E-state index contributed by atoms with van der Waals surface area (Å²) in [7, 11) is 0. The van der Waals surface area contributed by atoms with Gasteiger partial charge in [-0.15, -0.1) is 11.7 Å². The molecule has 136 valence electrons. The van der Waals surface area contributed by atoms with Crippen LogP contribution in [0.4, 0.5) is 0 Å². The van der Waals surface area contributed by atoms with Crippen LogP contribution in [0.5, 0.6) is 0 Å². The zero-order chi connectivity index (χ0) is 18.8. The summed E-state index contributed by atoms with van der Waals surface area (Å²) in [5, 5.41) is 5.43. The SMILES string of the molecule is C=CCn1c(=O)c2cnc(SC)nc2n1-c1ccc(=O)n(C(C)CC)n1. The Labute approximate surface area is 154 Å². The Morgan fingerprint density at radius 2 is 2.12 bits per heavy atom. The summed E-state index contributed by atoms with van der Waals surface area (Å²) in [5.41, 5.74) is 0.0466. The minimum absolute atomic E-state index is 0.0553. The molecule has 0 spiro atoms. The quantitative estimate of drug-likeness (QED) is 0.374. The molecule has 1 atom stereocenters. The van der Waals surface area contributed by atoms with Gasteiger partial charge in [-0.1, -0.05) is 24.8 Å². The molecule has 0 fully saturated rings. The molecule has 0 aliphatic heterocycles. The molecule has 9 heteroatoms. The van der Waals surface area contributed by atoms with Gasteiger partial charge in [-0.3, -0.25) is 9.59 Å². The monoisotopic (exact) mass is 372 g/mol. The molecule has 0 bridgehead atoms. The van der Waals surface area contributed by atoms with Gasteiger partial charge in [0.25, 0.3) is 11.1 Å². The van der Waals surface area contributed by atoms with Gasteiger partial charge in [-0.2, -0.15) is 0 Å². The summed E-state index contributed by atoms with van der Waals surface area (Å²) in [4.78, 5) is 33.6. The first kappa shape index (κ1) is 18.1. The second kappa shape index (κ2) is 7.28. The van der Waals surface area contributed by atoms with Crippen molar-refractivity contribution in [1.29, 1.82) is 0 Å². The van der Waals surface area contributed by atoms with Gasteiger partial charge in [0.1, 0.15) is 5.39 Å². The van der Waals surface area contributed by atoms with E-state index in [9.17, 15) is 9.59 Å². The van der Waals surface area contributed by atoms with E-state index in [1.54, 1.807) is 16.8 Å². The molecule has 0 saturated heterocycles. The summed E-state index contributed by atoms with van der Waals surface area (Å²) in [6.07, 6.45) is 5.79. The third-order valence-electron chi connectivity index (χ3n) is 4.17. The van der Waals surface area contributed by atoms with Gasteiger partial charge < -0.3 is 0 Å². The van der Waals surface area contributed by atoms with E-state index in [0.717, 1.165) is 6.42 Å². The Hall–Kier alpha value is -2.68. The van der Waals surface area contributed by atoms with Crippen LogP contribution in [0.15, 0.2) is 45.7 Å². The van der Waals surface area contributed by atoms with Crippen molar-refractivity contribution < 1.29 is 0 Å². The van der Waals surface area contributed by atoms with E-state index >= 15 is 0 Å². The second-order valence-corrected chi connectivity index (χ2v) is 6.59. The highest BCUT2D eigenvalue weighted by atomic mass is 32.2. The van der Waals surface area contributed by atoms with E-state index in [0.29, 0.717) is 22.0 Å². The third kappa shape index (κ3) is 2.98. The summed E-state index contributed by atoms with van der Waals surface area (Å²) in [6, 6.07) is 3.00. The van der Waals surface area contributed by atoms with Crippen molar-refractivity contribution in [3.63, 3.8) is 0 Å². The second-order valence-electron chi connectivity index (χ2n) is 5.81. The molecule has 0 radical (unpaired) electrons. The molecule has 3 heterocycles. The summed E-state index contributed by atoms with van der Waals surface area (Å²) < 4.78 is 4.55. The van der Waals surface area contributed by atoms with E-state index in [1.807, 2.05) is 20.1 Å². The average Bonchev–Trinajstić information content (AvgIpc) is 2.93. The molecular weight excluding hydrogens is 352 g/mol. The molecule has 0 amide bonds. The van der Waals surface area contributed by atoms with E-state index in [-0.39, 0.29) is 23.7 Å². The Balaban J connectivity index is 2.36. The van der Waals surface area contributed by atoms with Crippen LogP contribution in [-0.4, -0.2) is 35.4 Å². The summed E-state index contributed by atoms with van der Waals surface area (Å²) >= 11 is 1.39. The lowest BCUT2D eigenvalue weighted by Gasteiger charge is -2.15. The van der Waals surface area contributed by atoms with Gasteiger partial charge in [0.2, 0.25) is 0 Å². The standard InChI is InChI=1S/C17H20N6O2S/c1-5-9-21-16(25)12-10-18-17(26-4)19-15(12)23(21)13-7-8-14(24)22(20-13)11(3)6-2/h5,7-8,10-11H,1,6,9H2,2-4H3. The van der Waals surface area contributed by atoms with Crippen LogP contribution in [0, 0.1) is 0 Å². The summed E-state index contributed by atoms with van der Waals surface area (Å²) in [5.74, 6) is 0.449. The van der Waals surface area contributed by atoms with Gasteiger partial charge in [-0.05, 0) is 25.7 Å². The number of allylic oxidation sites excluding steroid dienone is 1. The Morgan fingerprint density at radius 3 is 2.77 bits per heavy atom. The highest BCUT2D eigenvalue weighted by molar-refractivity contribution is 7.98. The molecule has 1 unspecified atom stereocenters. The van der Waals surface area contributed by atoms with Crippen molar-refractivity contribution in [1.82, 2.24) is 29.1 Å². The zero-order valence-corrected chi connectivity index (χ0v) is 15.7. The lowest BCUT2D eigenvalue weighted by atomic mass is 10.3. The van der Waals surface area contributed by atoms with Crippen molar-refractivity contribution in [2.24, 2.45) is 0 Å². The predicted molar refractivity (Wildman–Crippen MR) is 102 cm³/mol. The topological polar surface area (TPSA) is 87.6 Å². The maximum atomic E-state index is 12.8. The van der Waals surface area contributed by atoms with Crippen molar-refractivity contribution >= 4 is 22.8 Å². The molecule has 0 aliphatic carbocycles. The molecule has 26 heavy (non-hydrogen) atoms. The average molecular weight is 372 g/mol. The highest BCUT2D eigenvalue weighted by Crippen LogP contribution is 2.17. The van der Waals surface area contributed by atoms with Gasteiger partial charge in [-0.25, -0.2) is 24.0 Å². The number of hydrogen-bond acceptors (Lipinski definition) is 6. The number of hydrogen-bond donors (Lipinski definition) is 0. The fourth-order valence-corrected chi connectivity index (χ4v) is 2.98.